The Labute approximate surface area is 225 Å². The highest BCUT2D eigenvalue weighted by atomic mass is 16.6. The quantitative estimate of drug-likeness (QED) is 0.210. The van der Waals surface area contributed by atoms with Gasteiger partial charge < -0.3 is 20.8 Å². The summed E-state index contributed by atoms with van der Waals surface area (Å²) in [7, 11) is 0. The number of likely N-dealkylation sites (tertiary alicyclic amines) is 1. The van der Waals surface area contributed by atoms with Crippen LogP contribution in [0.25, 0.3) is 0 Å². The molecular weight excluding hydrogens is 506 g/mol. The van der Waals surface area contributed by atoms with E-state index in [9.17, 15) is 24.0 Å². The lowest BCUT2D eigenvalue weighted by molar-refractivity contribution is -0.136. The smallest absolute Gasteiger partial charge is 0.410 e. The SMILES string of the molecule is CC(C)(C)OC(=O)N1CCC(N=CC(CNc2cccc3c2C(=O)N(C2CCC(=O)NC2=O)C3=O)=NN)CC1. The first-order valence-electron chi connectivity index (χ1n) is 12.8. The summed E-state index contributed by atoms with van der Waals surface area (Å²) in [5.41, 5.74) is 0.578. The number of hydrogen-bond acceptors (Lipinski definition) is 10. The molecule has 0 radical (unpaired) electrons. The van der Waals surface area contributed by atoms with Crippen LogP contribution in [0.3, 0.4) is 0 Å². The molecule has 4 rings (SSSR count). The fourth-order valence-corrected chi connectivity index (χ4v) is 4.69. The van der Waals surface area contributed by atoms with Crippen LogP contribution >= 0.6 is 0 Å². The van der Waals surface area contributed by atoms with Crippen LogP contribution in [0.2, 0.25) is 0 Å². The van der Waals surface area contributed by atoms with Crippen LogP contribution in [0.15, 0.2) is 28.3 Å². The topological polar surface area (TPSA) is 176 Å². The molecule has 1 aromatic rings. The molecule has 39 heavy (non-hydrogen) atoms. The molecule has 0 aliphatic carbocycles. The molecule has 13 heteroatoms. The lowest BCUT2D eigenvalue weighted by atomic mass is 10.0. The number of imide groups is 2. The maximum Gasteiger partial charge on any atom is 0.410 e. The first kappa shape index (κ1) is 27.7. The third-order valence-electron chi connectivity index (χ3n) is 6.64. The van der Waals surface area contributed by atoms with Gasteiger partial charge in [0.05, 0.1) is 29.4 Å². The number of nitrogens with zero attached hydrogens (tertiary/aromatic N) is 4. The first-order valence-corrected chi connectivity index (χ1v) is 12.8. The highest BCUT2D eigenvalue weighted by Crippen LogP contribution is 2.32. The van der Waals surface area contributed by atoms with Gasteiger partial charge in [-0.1, -0.05) is 6.07 Å². The van der Waals surface area contributed by atoms with Gasteiger partial charge in [0.15, 0.2) is 0 Å². The Morgan fingerprint density at radius 2 is 1.87 bits per heavy atom. The Kier molecular flexibility index (Phi) is 7.98. The van der Waals surface area contributed by atoms with Gasteiger partial charge in [0, 0.05) is 31.4 Å². The second-order valence-electron chi connectivity index (χ2n) is 10.6. The molecule has 0 bridgehead atoms. The van der Waals surface area contributed by atoms with Crippen molar-refractivity contribution in [3.63, 3.8) is 0 Å². The van der Waals surface area contributed by atoms with E-state index in [1.54, 1.807) is 23.2 Å². The monoisotopic (exact) mass is 539 g/mol. The van der Waals surface area contributed by atoms with Gasteiger partial charge in [-0.25, -0.2) is 4.79 Å². The van der Waals surface area contributed by atoms with E-state index in [1.807, 2.05) is 20.8 Å². The molecule has 1 atom stereocenters. The van der Waals surface area contributed by atoms with Crippen molar-refractivity contribution in [3.8, 4) is 0 Å². The summed E-state index contributed by atoms with van der Waals surface area (Å²) in [6.07, 6.45) is 2.69. The molecule has 0 aromatic heterocycles. The van der Waals surface area contributed by atoms with E-state index >= 15 is 0 Å². The zero-order valence-electron chi connectivity index (χ0n) is 22.2. The summed E-state index contributed by atoms with van der Waals surface area (Å²) in [6, 6.07) is 3.75. The number of nitrogens with two attached hydrogens (primary N) is 1. The Bertz CT molecular complexity index is 1240. The summed E-state index contributed by atoms with van der Waals surface area (Å²) in [5.74, 6) is 3.28. The highest BCUT2D eigenvalue weighted by Gasteiger charge is 2.45. The molecule has 1 aromatic carbocycles. The van der Waals surface area contributed by atoms with Crippen LogP contribution in [0.1, 0.15) is 67.2 Å². The van der Waals surface area contributed by atoms with Crippen LogP contribution < -0.4 is 16.5 Å². The van der Waals surface area contributed by atoms with Crippen molar-refractivity contribution in [1.29, 1.82) is 0 Å². The average Bonchev–Trinajstić information content (AvgIpc) is 3.14. The van der Waals surface area contributed by atoms with Gasteiger partial charge in [-0.3, -0.25) is 34.4 Å². The molecule has 1 unspecified atom stereocenters. The molecule has 5 amide bonds. The number of carbonyl (C=O) groups is 5. The first-order chi connectivity index (χ1) is 18.5. The molecule has 2 saturated heterocycles. The number of carbonyl (C=O) groups excluding carboxylic acids is 5. The number of piperidine rings is 2. The van der Waals surface area contributed by atoms with Gasteiger partial charge in [0.1, 0.15) is 11.6 Å². The summed E-state index contributed by atoms with van der Waals surface area (Å²) >= 11 is 0. The van der Waals surface area contributed by atoms with Crippen LogP contribution in [0.5, 0.6) is 0 Å². The van der Waals surface area contributed by atoms with E-state index in [0.717, 1.165) is 4.90 Å². The van der Waals surface area contributed by atoms with Crippen molar-refractivity contribution in [2.24, 2.45) is 15.9 Å². The summed E-state index contributed by atoms with van der Waals surface area (Å²) in [4.78, 5) is 69.5. The Hall–Kier alpha value is -4.29. The molecule has 3 heterocycles. The number of benzene rings is 1. The number of anilines is 1. The Balaban J connectivity index is 1.36. The molecule has 3 aliphatic rings. The number of nitrogens with one attached hydrogen (secondary N) is 2. The Morgan fingerprint density at radius 3 is 2.51 bits per heavy atom. The fourth-order valence-electron chi connectivity index (χ4n) is 4.69. The number of fused-ring (bicyclic) bond motifs is 1. The number of hydrazone groups is 1. The minimum Gasteiger partial charge on any atom is -0.444 e. The minimum absolute atomic E-state index is 0.0114. The lowest BCUT2D eigenvalue weighted by Crippen LogP contribution is -2.54. The van der Waals surface area contributed by atoms with Gasteiger partial charge >= 0.3 is 6.09 Å². The number of hydrogen-bond donors (Lipinski definition) is 3. The van der Waals surface area contributed by atoms with E-state index < -0.39 is 35.3 Å². The van der Waals surface area contributed by atoms with E-state index in [0.29, 0.717) is 37.3 Å². The molecule has 208 valence electrons. The maximum absolute atomic E-state index is 13.2. The molecule has 0 saturated carbocycles. The fraction of sp³-hybridized carbons (Fsp3) is 0.500. The van der Waals surface area contributed by atoms with Gasteiger partial charge in [-0.15, -0.1) is 0 Å². The van der Waals surface area contributed by atoms with Crippen molar-refractivity contribution in [1.82, 2.24) is 15.1 Å². The summed E-state index contributed by atoms with van der Waals surface area (Å²) in [5, 5.41) is 9.06. The number of amides is 5. The second-order valence-corrected chi connectivity index (χ2v) is 10.6. The molecule has 13 nitrogen and oxygen atoms in total. The summed E-state index contributed by atoms with van der Waals surface area (Å²) < 4.78 is 5.42. The molecule has 3 aliphatic heterocycles. The lowest BCUT2D eigenvalue weighted by Gasteiger charge is -2.32. The second kappa shape index (κ2) is 11.2. The largest absolute Gasteiger partial charge is 0.444 e. The Morgan fingerprint density at radius 1 is 1.15 bits per heavy atom. The van der Waals surface area contributed by atoms with E-state index in [4.69, 9.17) is 10.6 Å². The van der Waals surface area contributed by atoms with Crippen molar-refractivity contribution in [2.45, 2.75) is 64.1 Å². The average molecular weight is 540 g/mol. The van der Waals surface area contributed by atoms with Gasteiger partial charge in [-0.2, -0.15) is 5.10 Å². The predicted molar refractivity (Wildman–Crippen MR) is 143 cm³/mol. The molecule has 4 N–H and O–H groups in total. The summed E-state index contributed by atoms with van der Waals surface area (Å²) in [6.45, 7) is 6.67. The van der Waals surface area contributed by atoms with E-state index in [-0.39, 0.29) is 42.6 Å². The van der Waals surface area contributed by atoms with Crippen molar-refractivity contribution < 1.29 is 28.7 Å². The predicted octanol–water partition coefficient (Wildman–Crippen LogP) is 1.28. The third kappa shape index (κ3) is 6.24. The van der Waals surface area contributed by atoms with Gasteiger partial charge in [-0.05, 0) is 52.2 Å². The van der Waals surface area contributed by atoms with Gasteiger partial charge in [0.25, 0.3) is 11.8 Å². The maximum atomic E-state index is 13.2. The number of aliphatic imine (C=N–C) groups is 1. The standard InChI is InChI=1S/C26H33N7O6/c1-26(2,3)39-25(38)32-11-9-15(10-12-32)28-13-16(31-27)14-29-18-6-4-5-17-21(18)24(37)33(23(17)36)19-7-8-20(34)30-22(19)35/h4-6,13,15,19,29H,7-12,14,27H2,1-3H3,(H,30,34,35). The normalized spacial score (nSPS) is 20.9. The minimum atomic E-state index is -1.04. The highest BCUT2D eigenvalue weighted by molar-refractivity contribution is 6.32. The van der Waals surface area contributed by atoms with Crippen LogP contribution in [0.4, 0.5) is 10.5 Å². The third-order valence-corrected chi connectivity index (χ3v) is 6.64. The van der Waals surface area contributed by atoms with Crippen LogP contribution in [0, 0.1) is 0 Å². The molecule has 0 spiro atoms. The van der Waals surface area contributed by atoms with Gasteiger partial charge in [0.2, 0.25) is 11.8 Å². The van der Waals surface area contributed by atoms with Crippen molar-refractivity contribution in [2.75, 3.05) is 25.0 Å². The van der Waals surface area contributed by atoms with Crippen molar-refractivity contribution in [3.05, 3.63) is 29.3 Å². The number of ether oxygens (including phenoxy) is 1. The molecule has 2 fully saturated rings. The van der Waals surface area contributed by atoms with E-state index in [1.165, 1.54) is 6.07 Å². The number of rotatable bonds is 6. The van der Waals surface area contributed by atoms with Crippen LogP contribution in [-0.4, -0.2) is 88.8 Å². The van der Waals surface area contributed by atoms with E-state index in [2.05, 4.69) is 20.7 Å². The zero-order valence-corrected chi connectivity index (χ0v) is 22.2. The molecular formula is C26H33N7O6. The van der Waals surface area contributed by atoms with Crippen LogP contribution in [-0.2, 0) is 14.3 Å². The zero-order chi connectivity index (χ0) is 28.3. The van der Waals surface area contributed by atoms with Crippen molar-refractivity contribution >= 4 is 47.3 Å².